The van der Waals surface area contributed by atoms with Gasteiger partial charge >= 0.3 is 0 Å². The van der Waals surface area contributed by atoms with E-state index in [1.165, 1.54) is 11.1 Å². The molecule has 1 aliphatic rings. The number of anilines is 1. The van der Waals surface area contributed by atoms with Crippen LogP contribution in [-0.2, 0) is 6.42 Å². The fraction of sp³-hybridized carbons (Fsp3) is 0.188. The standard InChI is InChI=1S/C16H13BrN2/c17-15-7-11(9-18)5-6-16(15)19-10-13-8-12-3-1-2-4-14(12)13/h1-7,13,19H,8,10H2. The SMILES string of the molecule is N#Cc1ccc(NCC2Cc3ccccc32)c(Br)c1. The molecule has 1 unspecified atom stereocenters. The minimum atomic E-state index is 0.596. The Bertz CT molecular complexity index is 658. The number of rotatable bonds is 3. The molecule has 3 rings (SSSR count). The van der Waals surface area contributed by atoms with Gasteiger partial charge in [0.15, 0.2) is 0 Å². The Labute approximate surface area is 121 Å². The van der Waals surface area contributed by atoms with Gasteiger partial charge in [-0.15, -0.1) is 0 Å². The lowest BCUT2D eigenvalue weighted by Gasteiger charge is -2.30. The molecule has 3 heteroatoms. The molecule has 0 amide bonds. The normalized spacial score (nSPS) is 16.1. The Morgan fingerprint density at radius 3 is 2.84 bits per heavy atom. The lowest BCUT2D eigenvalue weighted by Crippen LogP contribution is -2.24. The van der Waals surface area contributed by atoms with Gasteiger partial charge in [-0.25, -0.2) is 0 Å². The van der Waals surface area contributed by atoms with E-state index in [2.05, 4.69) is 51.6 Å². The van der Waals surface area contributed by atoms with E-state index >= 15 is 0 Å². The summed E-state index contributed by atoms with van der Waals surface area (Å²) in [7, 11) is 0. The third-order valence-electron chi connectivity index (χ3n) is 3.60. The van der Waals surface area contributed by atoms with Crippen LogP contribution in [0.25, 0.3) is 0 Å². The number of nitrogens with one attached hydrogen (secondary N) is 1. The maximum Gasteiger partial charge on any atom is 0.0992 e. The summed E-state index contributed by atoms with van der Waals surface area (Å²) >= 11 is 3.50. The summed E-state index contributed by atoms with van der Waals surface area (Å²) in [4.78, 5) is 0. The molecule has 1 atom stereocenters. The van der Waals surface area contributed by atoms with Crippen molar-refractivity contribution >= 4 is 21.6 Å². The van der Waals surface area contributed by atoms with Gasteiger partial charge in [0.25, 0.3) is 0 Å². The van der Waals surface area contributed by atoms with Gasteiger partial charge in [-0.3, -0.25) is 0 Å². The van der Waals surface area contributed by atoms with Crippen molar-refractivity contribution in [1.82, 2.24) is 0 Å². The molecular formula is C16H13BrN2. The number of benzene rings is 2. The second-order valence-electron chi connectivity index (χ2n) is 4.79. The molecule has 0 heterocycles. The summed E-state index contributed by atoms with van der Waals surface area (Å²) in [6, 6.07) is 16.4. The van der Waals surface area contributed by atoms with Gasteiger partial charge in [-0.2, -0.15) is 5.26 Å². The van der Waals surface area contributed by atoms with Crippen molar-refractivity contribution in [2.75, 3.05) is 11.9 Å². The topological polar surface area (TPSA) is 35.8 Å². The largest absolute Gasteiger partial charge is 0.384 e. The minimum Gasteiger partial charge on any atom is -0.384 e. The first-order chi connectivity index (χ1) is 9.28. The van der Waals surface area contributed by atoms with Crippen LogP contribution in [0, 0.1) is 11.3 Å². The Morgan fingerprint density at radius 2 is 2.11 bits per heavy atom. The highest BCUT2D eigenvalue weighted by atomic mass is 79.9. The Morgan fingerprint density at radius 1 is 1.26 bits per heavy atom. The molecule has 19 heavy (non-hydrogen) atoms. The van der Waals surface area contributed by atoms with Crippen molar-refractivity contribution in [3.8, 4) is 6.07 Å². The van der Waals surface area contributed by atoms with Crippen LogP contribution in [0.2, 0.25) is 0 Å². The van der Waals surface area contributed by atoms with E-state index in [4.69, 9.17) is 5.26 Å². The van der Waals surface area contributed by atoms with Crippen LogP contribution in [0.5, 0.6) is 0 Å². The second kappa shape index (κ2) is 5.07. The minimum absolute atomic E-state index is 0.596. The first-order valence-corrected chi connectivity index (χ1v) is 7.08. The van der Waals surface area contributed by atoms with Gasteiger partial charge in [0, 0.05) is 22.6 Å². The summed E-state index contributed by atoms with van der Waals surface area (Å²) in [5.41, 5.74) is 4.64. The molecule has 0 saturated heterocycles. The van der Waals surface area contributed by atoms with Crippen molar-refractivity contribution in [3.63, 3.8) is 0 Å². The molecule has 2 aromatic rings. The molecule has 94 valence electrons. The highest BCUT2D eigenvalue weighted by Gasteiger charge is 2.24. The predicted octanol–water partition coefficient (Wildman–Crippen LogP) is 4.07. The van der Waals surface area contributed by atoms with Crippen LogP contribution in [-0.4, -0.2) is 6.54 Å². The van der Waals surface area contributed by atoms with Crippen LogP contribution >= 0.6 is 15.9 Å². The third kappa shape index (κ3) is 2.36. The highest BCUT2D eigenvalue weighted by molar-refractivity contribution is 9.10. The third-order valence-corrected chi connectivity index (χ3v) is 4.25. The van der Waals surface area contributed by atoms with E-state index < -0.39 is 0 Å². The van der Waals surface area contributed by atoms with E-state index in [0.29, 0.717) is 11.5 Å². The molecule has 2 aromatic carbocycles. The van der Waals surface area contributed by atoms with E-state index in [1.54, 1.807) is 0 Å². The molecule has 0 saturated carbocycles. The Balaban J connectivity index is 1.67. The number of nitrogens with zero attached hydrogens (tertiary/aromatic N) is 1. The zero-order valence-electron chi connectivity index (χ0n) is 10.4. The van der Waals surface area contributed by atoms with Gasteiger partial charge in [0.05, 0.1) is 11.6 Å². The first-order valence-electron chi connectivity index (χ1n) is 6.29. The monoisotopic (exact) mass is 312 g/mol. The number of fused-ring (bicyclic) bond motifs is 1. The average molecular weight is 313 g/mol. The molecule has 0 radical (unpaired) electrons. The van der Waals surface area contributed by atoms with Gasteiger partial charge in [0.2, 0.25) is 0 Å². The summed E-state index contributed by atoms with van der Waals surface area (Å²) in [5.74, 6) is 0.596. The summed E-state index contributed by atoms with van der Waals surface area (Å²) in [6.07, 6.45) is 1.15. The van der Waals surface area contributed by atoms with Gasteiger partial charge in [0.1, 0.15) is 0 Å². The Hall–Kier alpha value is -1.79. The van der Waals surface area contributed by atoms with Gasteiger partial charge in [-0.05, 0) is 51.7 Å². The first kappa shape index (κ1) is 12.3. The van der Waals surface area contributed by atoms with Crippen LogP contribution < -0.4 is 5.32 Å². The number of hydrogen-bond acceptors (Lipinski definition) is 2. The number of halogens is 1. The highest BCUT2D eigenvalue weighted by Crippen LogP contribution is 2.35. The molecule has 2 nitrogen and oxygen atoms in total. The summed E-state index contributed by atoms with van der Waals surface area (Å²) in [6.45, 7) is 0.932. The number of nitriles is 1. The second-order valence-corrected chi connectivity index (χ2v) is 5.64. The maximum absolute atomic E-state index is 8.84. The van der Waals surface area contributed by atoms with E-state index in [9.17, 15) is 0 Å². The van der Waals surface area contributed by atoms with Crippen LogP contribution in [0.4, 0.5) is 5.69 Å². The molecule has 0 bridgehead atoms. The summed E-state index contributed by atoms with van der Waals surface area (Å²) in [5, 5.41) is 12.3. The van der Waals surface area contributed by atoms with E-state index in [1.807, 2.05) is 18.2 Å². The predicted molar refractivity (Wildman–Crippen MR) is 80.2 cm³/mol. The van der Waals surface area contributed by atoms with Crippen molar-refractivity contribution in [3.05, 3.63) is 63.6 Å². The van der Waals surface area contributed by atoms with E-state index in [0.717, 1.165) is 23.1 Å². The maximum atomic E-state index is 8.84. The van der Waals surface area contributed by atoms with Crippen molar-refractivity contribution in [2.45, 2.75) is 12.3 Å². The lowest BCUT2D eigenvalue weighted by atomic mass is 9.77. The zero-order valence-corrected chi connectivity index (χ0v) is 11.9. The molecule has 0 aliphatic heterocycles. The lowest BCUT2D eigenvalue weighted by molar-refractivity contribution is 0.635. The van der Waals surface area contributed by atoms with Gasteiger partial charge < -0.3 is 5.32 Å². The molecule has 1 aliphatic carbocycles. The van der Waals surface area contributed by atoms with Crippen LogP contribution in [0.3, 0.4) is 0 Å². The van der Waals surface area contributed by atoms with Crippen LogP contribution in [0.15, 0.2) is 46.9 Å². The summed E-state index contributed by atoms with van der Waals surface area (Å²) < 4.78 is 0.944. The molecular weight excluding hydrogens is 300 g/mol. The quantitative estimate of drug-likeness (QED) is 0.927. The number of hydrogen-bond donors (Lipinski definition) is 1. The fourth-order valence-corrected chi connectivity index (χ4v) is 3.02. The molecule has 0 spiro atoms. The van der Waals surface area contributed by atoms with Crippen molar-refractivity contribution in [2.24, 2.45) is 0 Å². The van der Waals surface area contributed by atoms with E-state index in [-0.39, 0.29) is 0 Å². The average Bonchev–Trinajstić information content (AvgIpc) is 2.41. The molecule has 0 fully saturated rings. The molecule has 1 N–H and O–H groups in total. The van der Waals surface area contributed by atoms with Crippen molar-refractivity contribution < 1.29 is 0 Å². The van der Waals surface area contributed by atoms with Crippen molar-refractivity contribution in [1.29, 1.82) is 5.26 Å². The zero-order chi connectivity index (χ0) is 13.2. The smallest absolute Gasteiger partial charge is 0.0992 e. The Kier molecular flexibility index (Phi) is 3.27. The van der Waals surface area contributed by atoms with Gasteiger partial charge in [-0.1, -0.05) is 24.3 Å². The van der Waals surface area contributed by atoms with Crippen LogP contribution in [0.1, 0.15) is 22.6 Å². The fourth-order valence-electron chi connectivity index (χ4n) is 2.51. The molecule has 0 aromatic heterocycles.